The van der Waals surface area contributed by atoms with E-state index in [2.05, 4.69) is 17.4 Å². The van der Waals surface area contributed by atoms with Gasteiger partial charge >= 0.3 is 0 Å². The van der Waals surface area contributed by atoms with E-state index < -0.39 is 27.8 Å². The van der Waals surface area contributed by atoms with Gasteiger partial charge in [0, 0.05) is 0 Å². The van der Waals surface area contributed by atoms with Gasteiger partial charge in [-0.05, 0) is 61.9 Å². The minimum atomic E-state index is -3.86. The molecule has 0 saturated carbocycles. The molecule has 0 heterocycles. The first-order chi connectivity index (χ1) is 13.2. The molecular formula is C21H25FN2O3S. The highest BCUT2D eigenvalue weighted by molar-refractivity contribution is 7.92. The van der Waals surface area contributed by atoms with Crippen LogP contribution < -0.4 is 9.62 Å². The number of anilines is 1. The predicted molar refractivity (Wildman–Crippen MR) is 108 cm³/mol. The number of benzene rings is 2. The molecule has 0 bridgehead atoms. The Labute approximate surface area is 165 Å². The lowest BCUT2D eigenvalue weighted by molar-refractivity contribution is -0.122. The molecule has 7 heteroatoms. The zero-order chi connectivity index (χ0) is 20.5. The molecule has 0 fully saturated rings. The molecule has 5 nitrogen and oxygen atoms in total. The van der Waals surface area contributed by atoms with Crippen molar-refractivity contribution in [3.05, 3.63) is 65.0 Å². The standard InChI is InChI=1S/C21H25FN2O3S/c1-14(17-12-11-16-7-6-8-18(16)13-17)23-21(25)15(2)24(28(3,26)27)20-10-5-4-9-19(20)22/h4-5,9-15H,6-8H2,1-3H3,(H,23,25). The van der Waals surface area contributed by atoms with Crippen LogP contribution in [0.3, 0.4) is 0 Å². The summed E-state index contributed by atoms with van der Waals surface area (Å²) in [5.41, 5.74) is 3.48. The van der Waals surface area contributed by atoms with Gasteiger partial charge in [0.25, 0.3) is 0 Å². The number of carbonyl (C=O) groups is 1. The molecule has 0 saturated heterocycles. The maximum atomic E-state index is 14.2. The number of nitrogens with zero attached hydrogens (tertiary/aromatic N) is 1. The van der Waals surface area contributed by atoms with Gasteiger partial charge in [-0.15, -0.1) is 0 Å². The van der Waals surface area contributed by atoms with Gasteiger partial charge in [-0.25, -0.2) is 12.8 Å². The first-order valence-electron chi connectivity index (χ1n) is 9.34. The topological polar surface area (TPSA) is 66.5 Å². The summed E-state index contributed by atoms with van der Waals surface area (Å²) >= 11 is 0. The van der Waals surface area contributed by atoms with Gasteiger partial charge in [-0.1, -0.05) is 30.3 Å². The predicted octanol–water partition coefficient (Wildman–Crippen LogP) is 3.35. The van der Waals surface area contributed by atoms with Crippen LogP contribution in [0.15, 0.2) is 42.5 Å². The van der Waals surface area contributed by atoms with Gasteiger partial charge < -0.3 is 5.32 Å². The van der Waals surface area contributed by atoms with Crippen LogP contribution in [-0.4, -0.2) is 26.6 Å². The Hall–Kier alpha value is -2.41. The second-order valence-corrected chi connectivity index (χ2v) is 9.16. The summed E-state index contributed by atoms with van der Waals surface area (Å²) in [6.45, 7) is 3.31. The van der Waals surface area contributed by atoms with Crippen LogP contribution in [0.4, 0.5) is 10.1 Å². The van der Waals surface area contributed by atoms with Crippen LogP contribution >= 0.6 is 0 Å². The quantitative estimate of drug-likeness (QED) is 0.803. The molecule has 0 aromatic heterocycles. The number of rotatable bonds is 6. The Kier molecular flexibility index (Phi) is 5.74. The zero-order valence-electron chi connectivity index (χ0n) is 16.3. The SMILES string of the molecule is CC(NC(=O)C(C)N(c1ccccc1F)S(C)(=O)=O)c1ccc2c(c1)CCC2. The highest BCUT2D eigenvalue weighted by Crippen LogP contribution is 2.27. The molecule has 1 aliphatic rings. The average molecular weight is 405 g/mol. The summed E-state index contributed by atoms with van der Waals surface area (Å²) in [5.74, 6) is -1.18. The molecule has 0 spiro atoms. The van der Waals surface area contributed by atoms with E-state index in [1.165, 1.54) is 42.3 Å². The van der Waals surface area contributed by atoms with Gasteiger partial charge in [0.05, 0.1) is 18.0 Å². The summed E-state index contributed by atoms with van der Waals surface area (Å²) in [7, 11) is -3.86. The third-order valence-electron chi connectivity index (χ3n) is 5.16. The fraction of sp³-hybridized carbons (Fsp3) is 0.381. The molecule has 1 aliphatic carbocycles. The summed E-state index contributed by atoms with van der Waals surface area (Å²) in [5, 5.41) is 2.86. The Morgan fingerprint density at radius 1 is 1.11 bits per heavy atom. The lowest BCUT2D eigenvalue weighted by atomic mass is 10.0. The van der Waals surface area contributed by atoms with Crippen molar-refractivity contribution in [2.24, 2.45) is 0 Å². The van der Waals surface area contributed by atoms with E-state index in [-0.39, 0.29) is 11.7 Å². The van der Waals surface area contributed by atoms with E-state index in [1.54, 1.807) is 0 Å². The number of hydrogen-bond acceptors (Lipinski definition) is 3. The average Bonchev–Trinajstić information content (AvgIpc) is 3.10. The summed E-state index contributed by atoms with van der Waals surface area (Å²) in [4.78, 5) is 12.8. The molecular weight excluding hydrogens is 379 g/mol. The Bertz CT molecular complexity index is 991. The van der Waals surface area contributed by atoms with Crippen molar-refractivity contribution in [3.8, 4) is 0 Å². The number of halogens is 1. The van der Waals surface area contributed by atoms with Crippen molar-refractivity contribution >= 4 is 21.6 Å². The molecule has 1 N–H and O–H groups in total. The third-order valence-corrected chi connectivity index (χ3v) is 6.39. The fourth-order valence-electron chi connectivity index (χ4n) is 3.69. The molecule has 150 valence electrons. The van der Waals surface area contributed by atoms with Crippen molar-refractivity contribution in [2.45, 2.75) is 45.2 Å². The molecule has 28 heavy (non-hydrogen) atoms. The van der Waals surface area contributed by atoms with Crippen molar-refractivity contribution in [3.63, 3.8) is 0 Å². The maximum absolute atomic E-state index is 14.2. The zero-order valence-corrected chi connectivity index (χ0v) is 17.1. The Balaban J connectivity index is 1.81. The van der Waals surface area contributed by atoms with Crippen molar-refractivity contribution in [1.82, 2.24) is 5.32 Å². The van der Waals surface area contributed by atoms with Crippen LogP contribution in [0.5, 0.6) is 0 Å². The van der Waals surface area contributed by atoms with E-state index in [0.29, 0.717) is 0 Å². The number of sulfonamides is 1. The first-order valence-corrected chi connectivity index (χ1v) is 11.2. The number of carbonyl (C=O) groups excluding carboxylic acids is 1. The molecule has 2 unspecified atom stereocenters. The molecule has 2 atom stereocenters. The first kappa shape index (κ1) is 20.3. The lowest BCUT2D eigenvalue weighted by Gasteiger charge is -2.29. The molecule has 0 radical (unpaired) electrons. The summed E-state index contributed by atoms with van der Waals surface area (Å²) in [6, 6.07) is 10.3. The van der Waals surface area contributed by atoms with Crippen molar-refractivity contribution in [1.29, 1.82) is 0 Å². The minimum absolute atomic E-state index is 0.141. The van der Waals surface area contributed by atoms with Gasteiger partial charge in [0.15, 0.2) is 0 Å². The van der Waals surface area contributed by atoms with Crippen LogP contribution in [0, 0.1) is 5.82 Å². The number of para-hydroxylation sites is 1. The highest BCUT2D eigenvalue weighted by atomic mass is 32.2. The van der Waals surface area contributed by atoms with E-state index in [1.807, 2.05) is 13.0 Å². The molecule has 0 aliphatic heterocycles. The highest BCUT2D eigenvalue weighted by Gasteiger charge is 2.31. The number of amides is 1. The number of fused-ring (bicyclic) bond motifs is 1. The molecule has 2 aromatic carbocycles. The Morgan fingerprint density at radius 2 is 1.79 bits per heavy atom. The number of nitrogens with one attached hydrogen (secondary N) is 1. The summed E-state index contributed by atoms with van der Waals surface area (Å²) < 4.78 is 39.6. The smallest absolute Gasteiger partial charge is 0.244 e. The van der Waals surface area contributed by atoms with Gasteiger partial charge in [0.1, 0.15) is 11.9 Å². The molecule has 1 amide bonds. The number of hydrogen-bond donors (Lipinski definition) is 1. The maximum Gasteiger partial charge on any atom is 0.244 e. The van der Waals surface area contributed by atoms with Crippen LogP contribution in [0.1, 0.15) is 43.0 Å². The minimum Gasteiger partial charge on any atom is -0.348 e. The lowest BCUT2D eigenvalue weighted by Crippen LogP contribution is -2.48. The van der Waals surface area contributed by atoms with E-state index in [0.717, 1.165) is 35.4 Å². The summed E-state index contributed by atoms with van der Waals surface area (Å²) in [6.07, 6.45) is 4.23. The van der Waals surface area contributed by atoms with E-state index in [9.17, 15) is 17.6 Å². The van der Waals surface area contributed by atoms with Crippen LogP contribution in [0.2, 0.25) is 0 Å². The number of aryl methyl sites for hydroxylation is 2. The van der Waals surface area contributed by atoms with Gasteiger partial charge in [-0.2, -0.15) is 0 Å². The fourth-order valence-corrected chi connectivity index (χ4v) is 4.87. The second-order valence-electron chi connectivity index (χ2n) is 7.30. The molecule has 2 aromatic rings. The largest absolute Gasteiger partial charge is 0.348 e. The van der Waals surface area contributed by atoms with Crippen molar-refractivity contribution in [2.75, 3.05) is 10.6 Å². The van der Waals surface area contributed by atoms with Crippen molar-refractivity contribution < 1.29 is 17.6 Å². The third kappa shape index (κ3) is 4.19. The van der Waals surface area contributed by atoms with Crippen LogP contribution in [-0.2, 0) is 27.7 Å². The van der Waals surface area contributed by atoms with Gasteiger partial charge in [-0.3, -0.25) is 9.10 Å². The van der Waals surface area contributed by atoms with Crippen LogP contribution in [0.25, 0.3) is 0 Å². The van der Waals surface area contributed by atoms with E-state index >= 15 is 0 Å². The second kappa shape index (κ2) is 7.91. The van der Waals surface area contributed by atoms with Gasteiger partial charge in [0.2, 0.25) is 15.9 Å². The monoisotopic (exact) mass is 404 g/mol. The molecule has 3 rings (SSSR count). The normalized spacial score (nSPS) is 15.6. The van der Waals surface area contributed by atoms with E-state index in [4.69, 9.17) is 0 Å². The Morgan fingerprint density at radius 3 is 2.46 bits per heavy atom.